The molecule has 14 heavy (non-hydrogen) atoms. The second kappa shape index (κ2) is 4.56. The highest BCUT2D eigenvalue weighted by atomic mass is 16.5. The maximum atomic E-state index is 10.8. The van der Waals surface area contributed by atoms with Crippen molar-refractivity contribution in [3.05, 3.63) is 29.3 Å². The monoisotopic (exact) mass is 192 g/mol. The number of hydrogen-bond donors (Lipinski definition) is 0. The molecular formula is C11H12O3. The van der Waals surface area contributed by atoms with E-state index in [2.05, 4.69) is 0 Å². The van der Waals surface area contributed by atoms with Gasteiger partial charge in [-0.1, -0.05) is 19.1 Å². The summed E-state index contributed by atoms with van der Waals surface area (Å²) in [5, 5.41) is 0. The molecule has 0 aliphatic heterocycles. The third kappa shape index (κ3) is 2.19. The highest BCUT2D eigenvalue weighted by Crippen LogP contribution is 2.22. The van der Waals surface area contributed by atoms with E-state index in [1.165, 1.54) is 6.92 Å². The SMILES string of the molecule is CCc1c(C=O)cccc1OC(C)=O. The molecule has 0 bridgehead atoms. The van der Waals surface area contributed by atoms with E-state index in [1.807, 2.05) is 6.92 Å². The van der Waals surface area contributed by atoms with Crippen molar-refractivity contribution >= 4 is 12.3 Å². The van der Waals surface area contributed by atoms with E-state index in [4.69, 9.17) is 4.74 Å². The van der Waals surface area contributed by atoms with Crippen LogP contribution in [0.2, 0.25) is 0 Å². The van der Waals surface area contributed by atoms with Gasteiger partial charge in [0.1, 0.15) is 12.0 Å². The summed E-state index contributed by atoms with van der Waals surface area (Å²) in [4.78, 5) is 21.5. The number of carbonyl (C=O) groups excluding carboxylic acids is 2. The molecule has 0 aliphatic carbocycles. The Bertz CT molecular complexity index is 356. The number of hydrogen-bond acceptors (Lipinski definition) is 3. The van der Waals surface area contributed by atoms with Gasteiger partial charge in [0, 0.05) is 18.1 Å². The number of ether oxygens (including phenoxy) is 1. The summed E-state index contributed by atoms with van der Waals surface area (Å²) in [6.45, 7) is 3.25. The Kier molecular flexibility index (Phi) is 3.40. The summed E-state index contributed by atoms with van der Waals surface area (Å²) in [5.41, 5.74) is 1.35. The zero-order valence-electron chi connectivity index (χ0n) is 8.24. The predicted octanol–water partition coefficient (Wildman–Crippen LogP) is 1.99. The largest absolute Gasteiger partial charge is 0.426 e. The second-order valence-electron chi connectivity index (χ2n) is 2.89. The van der Waals surface area contributed by atoms with Gasteiger partial charge in [0.15, 0.2) is 0 Å². The van der Waals surface area contributed by atoms with Crippen molar-refractivity contribution in [2.24, 2.45) is 0 Å². The molecular weight excluding hydrogens is 180 g/mol. The molecule has 1 aromatic carbocycles. The van der Waals surface area contributed by atoms with Gasteiger partial charge in [0.05, 0.1) is 0 Å². The van der Waals surface area contributed by atoms with Crippen LogP contribution in [0.5, 0.6) is 5.75 Å². The smallest absolute Gasteiger partial charge is 0.308 e. The van der Waals surface area contributed by atoms with Crippen LogP contribution in [0.15, 0.2) is 18.2 Å². The van der Waals surface area contributed by atoms with Crippen LogP contribution in [0.3, 0.4) is 0 Å². The molecule has 1 aromatic rings. The van der Waals surface area contributed by atoms with Gasteiger partial charge in [-0.05, 0) is 12.5 Å². The Morgan fingerprint density at radius 2 is 2.21 bits per heavy atom. The Morgan fingerprint density at radius 3 is 2.71 bits per heavy atom. The van der Waals surface area contributed by atoms with E-state index in [1.54, 1.807) is 18.2 Å². The van der Waals surface area contributed by atoms with E-state index in [0.29, 0.717) is 17.7 Å². The molecule has 74 valence electrons. The Labute approximate surface area is 82.7 Å². The summed E-state index contributed by atoms with van der Waals surface area (Å²) in [6, 6.07) is 5.09. The first-order valence-corrected chi connectivity index (χ1v) is 4.44. The molecule has 0 unspecified atom stereocenters. The summed E-state index contributed by atoms with van der Waals surface area (Å²) in [6.07, 6.45) is 1.43. The average molecular weight is 192 g/mol. The molecule has 0 saturated carbocycles. The molecule has 0 aromatic heterocycles. The fourth-order valence-corrected chi connectivity index (χ4v) is 1.32. The van der Waals surface area contributed by atoms with E-state index in [-0.39, 0.29) is 5.97 Å². The molecule has 1 rings (SSSR count). The van der Waals surface area contributed by atoms with Crippen LogP contribution in [0.4, 0.5) is 0 Å². The van der Waals surface area contributed by atoms with Crippen molar-refractivity contribution in [1.82, 2.24) is 0 Å². The van der Waals surface area contributed by atoms with Crippen LogP contribution in [-0.4, -0.2) is 12.3 Å². The third-order valence-electron chi connectivity index (χ3n) is 1.90. The summed E-state index contributed by atoms with van der Waals surface area (Å²) in [5.74, 6) is 0.104. The van der Waals surface area contributed by atoms with Crippen LogP contribution >= 0.6 is 0 Å². The maximum absolute atomic E-state index is 10.8. The Morgan fingerprint density at radius 1 is 1.50 bits per heavy atom. The fraction of sp³-hybridized carbons (Fsp3) is 0.273. The van der Waals surface area contributed by atoms with Gasteiger partial charge in [0.2, 0.25) is 0 Å². The normalized spacial score (nSPS) is 9.57. The van der Waals surface area contributed by atoms with Crippen molar-refractivity contribution in [2.45, 2.75) is 20.3 Å². The van der Waals surface area contributed by atoms with E-state index < -0.39 is 0 Å². The lowest BCUT2D eigenvalue weighted by atomic mass is 10.1. The number of rotatable bonds is 3. The van der Waals surface area contributed by atoms with Crippen LogP contribution in [0.1, 0.15) is 29.8 Å². The Balaban J connectivity index is 3.14. The van der Waals surface area contributed by atoms with E-state index >= 15 is 0 Å². The molecule has 3 nitrogen and oxygen atoms in total. The van der Waals surface area contributed by atoms with Crippen LogP contribution in [0.25, 0.3) is 0 Å². The fourth-order valence-electron chi connectivity index (χ4n) is 1.32. The number of benzene rings is 1. The van der Waals surface area contributed by atoms with Crippen molar-refractivity contribution < 1.29 is 14.3 Å². The van der Waals surface area contributed by atoms with Crippen LogP contribution in [0, 0.1) is 0 Å². The number of esters is 1. The van der Waals surface area contributed by atoms with Crippen molar-refractivity contribution in [1.29, 1.82) is 0 Å². The van der Waals surface area contributed by atoms with Crippen molar-refractivity contribution in [2.75, 3.05) is 0 Å². The molecule has 0 saturated heterocycles. The van der Waals surface area contributed by atoms with Gasteiger partial charge >= 0.3 is 5.97 Å². The van der Waals surface area contributed by atoms with Crippen LogP contribution < -0.4 is 4.74 Å². The van der Waals surface area contributed by atoms with Crippen molar-refractivity contribution in [3.63, 3.8) is 0 Å². The highest BCUT2D eigenvalue weighted by Gasteiger charge is 2.08. The van der Waals surface area contributed by atoms with Crippen molar-refractivity contribution in [3.8, 4) is 5.75 Å². The molecule has 0 heterocycles. The molecule has 0 amide bonds. The minimum absolute atomic E-state index is 0.372. The lowest BCUT2D eigenvalue weighted by Gasteiger charge is -2.08. The number of carbonyl (C=O) groups is 2. The summed E-state index contributed by atoms with van der Waals surface area (Å²) < 4.78 is 4.98. The Hall–Kier alpha value is -1.64. The van der Waals surface area contributed by atoms with Gasteiger partial charge < -0.3 is 4.74 Å². The quantitative estimate of drug-likeness (QED) is 0.418. The molecule has 0 N–H and O–H groups in total. The summed E-state index contributed by atoms with van der Waals surface area (Å²) >= 11 is 0. The average Bonchev–Trinajstić information content (AvgIpc) is 2.16. The molecule has 0 fully saturated rings. The molecule has 0 atom stereocenters. The van der Waals surface area contributed by atoms with Gasteiger partial charge in [-0.3, -0.25) is 9.59 Å². The van der Waals surface area contributed by atoms with Gasteiger partial charge in [0.25, 0.3) is 0 Å². The lowest BCUT2D eigenvalue weighted by Crippen LogP contribution is -2.05. The summed E-state index contributed by atoms with van der Waals surface area (Å²) in [7, 11) is 0. The second-order valence-corrected chi connectivity index (χ2v) is 2.89. The zero-order chi connectivity index (χ0) is 10.6. The minimum Gasteiger partial charge on any atom is -0.426 e. The first-order chi connectivity index (χ1) is 6.69. The molecule has 0 radical (unpaired) electrons. The van der Waals surface area contributed by atoms with E-state index in [9.17, 15) is 9.59 Å². The molecule has 3 heteroatoms. The van der Waals surface area contributed by atoms with Gasteiger partial charge in [-0.25, -0.2) is 0 Å². The predicted molar refractivity (Wildman–Crippen MR) is 52.5 cm³/mol. The highest BCUT2D eigenvalue weighted by molar-refractivity contribution is 5.80. The van der Waals surface area contributed by atoms with Gasteiger partial charge in [-0.15, -0.1) is 0 Å². The van der Waals surface area contributed by atoms with Crippen LogP contribution in [-0.2, 0) is 11.2 Å². The molecule has 0 spiro atoms. The zero-order valence-corrected chi connectivity index (χ0v) is 8.24. The first-order valence-electron chi connectivity index (χ1n) is 4.44. The molecule has 0 aliphatic rings. The number of aldehydes is 1. The standard InChI is InChI=1S/C11H12O3/c1-3-10-9(7-12)5-4-6-11(10)14-8(2)13/h4-7H,3H2,1-2H3. The lowest BCUT2D eigenvalue weighted by molar-refractivity contribution is -0.131. The minimum atomic E-state index is -0.372. The maximum Gasteiger partial charge on any atom is 0.308 e. The van der Waals surface area contributed by atoms with E-state index in [0.717, 1.165) is 11.8 Å². The topological polar surface area (TPSA) is 43.4 Å². The van der Waals surface area contributed by atoms with Gasteiger partial charge in [-0.2, -0.15) is 0 Å². The third-order valence-corrected chi connectivity index (χ3v) is 1.90. The first kappa shape index (κ1) is 10.4.